The molecular formula is C19H24N2O4S. The Morgan fingerprint density at radius 1 is 1.08 bits per heavy atom. The highest BCUT2D eigenvalue weighted by atomic mass is 32.2. The number of benzene rings is 1. The molecule has 1 aromatic heterocycles. The van der Waals surface area contributed by atoms with Crippen molar-refractivity contribution in [2.24, 2.45) is 0 Å². The minimum atomic E-state index is -3.05. The van der Waals surface area contributed by atoms with Crippen molar-refractivity contribution in [2.75, 3.05) is 24.6 Å². The number of rotatable bonds is 4. The fourth-order valence-corrected chi connectivity index (χ4v) is 6.19. The number of phenols is 1. The number of hydrogen-bond acceptors (Lipinski definition) is 6. The van der Waals surface area contributed by atoms with Crippen molar-refractivity contribution in [1.82, 2.24) is 9.80 Å². The van der Waals surface area contributed by atoms with Gasteiger partial charge in [0, 0.05) is 31.7 Å². The third-order valence-electron chi connectivity index (χ3n) is 5.36. The van der Waals surface area contributed by atoms with Crippen LogP contribution in [0.2, 0.25) is 0 Å². The molecule has 2 saturated heterocycles. The normalized spacial score (nSPS) is 26.0. The van der Waals surface area contributed by atoms with Crippen LogP contribution >= 0.6 is 0 Å². The first-order valence-corrected chi connectivity index (χ1v) is 10.7. The van der Waals surface area contributed by atoms with Crippen molar-refractivity contribution in [3.8, 4) is 5.75 Å². The van der Waals surface area contributed by atoms with Gasteiger partial charge in [0.05, 0.1) is 18.1 Å². The Morgan fingerprint density at radius 3 is 2.38 bits per heavy atom. The van der Waals surface area contributed by atoms with Crippen LogP contribution in [0.25, 0.3) is 0 Å². The Balaban J connectivity index is 1.53. The first kappa shape index (κ1) is 17.6. The van der Waals surface area contributed by atoms with Crippen molar-refractivity contribution in [3.63, 3.8) is 0 Å². The SMILES string of the molecule is Cc1ccc(CN2CCN(Cc3cccc(O)c3)[C@H]3CS(=O)(=O)C[C@H]32)o1. The maximum absolute atomic E-state index is 12.3. The molecule has 4 rings (SSSR count). The van der Waals surface area contributed by atoms with Gasteiger partial charge in [0.1, 0.15) is 17.3 Å². The number of aryl methyl sites for hydroxylation is 1. The van der Waals surface area contributed by atoms with Gasteiger partial charge in [0.15, 0.2) is 9.84 Å². The van der Waals surface area contributed by atoms with E-state index >= 15 is 0 Å². The highest BCUT2D eigenvalue weighted by Crippen LogP contribution is 2.30. The van der Waals surface area contributed by atoms with Crippen LogP contribution in [0.5, 0.6) is 5.75 Å². The predicted molar refractivity (Wildman–Crippen MR) is 98.6 cm³/mol. The van der Waals surface area contributed by atoms with E-state index in [1.54, 1.807) is 12.1 Å². The van der Waals surface area contributed by atoms with Crippen LogP contribution in [-0.2, 0) is 22.9 Å². The summed E-state index contributed by atoms with van der Waals surface area (Å²) in [6.07, 6.45) is 0. The number of furan rings is 1. The smallest absolute Gasteiger partial charge is 0.153 e. The van der Waals surface area contributed by atoms with Gasteiger partial charge in [-0.05, 0) is 36.8 Å². The van der Waals surface area contributed by atoms with Crippen molar-refractivity contribution in [1.29, 1.82) is 0 Å². The third kappa shape index (κ3) is 3.65. The number of phenolic OH excluding ortho intramolecular Hbond substituents is 1. The van der Waals surface area contributed by atoms with E-state index < -0.39 is 9.84 Å². The fourth-order valence-electron chi connectivity index (χ4n) is 4.15. The lowest BCUT2D eigenvalue weighted by Gasteiger charge is -2.43. The van der Waals surface area contributed by atoms with Crippen LogP contribution in [0.15, 0.2) is 40.8 Å². The standard InChI is InChI=1S/C19H24N2O4S/c1-14-5-6-17(25-14)11-21-8-7-20(10-15-3-2-4-16(22)9-15)18-12-26(23,24)13-19(18)21/h2-6,9,18-19,22H,7-8,10-13H2,1H3/t18-,19+/m0/s1. The van der Waals surface area contributed by atoms with Gasteiger partial charge >= 0.3 is 0 Å². The first-order chi connectivity index (χ1) is 12.4. The monoisotopic (exact) mass is 376 g/mol. The maximum atomic E-state index is 12.3. The van der Waals surface area contributed by atoms with E-state index in [0.717, 1.165) is 30.2 Å². The van der Waals surface area contributed by atoms with Crippen LogP contribution in [0.1, 0.15) is 17.1 Å². The van der Waals surface area contributed by atoms with E-state index in [4.69, 9.17) is 4.42 Å². The molecule has 0 unspecified atom stereocenters. The summed E-state index contributed by atoms with van der Waals surface area (Å²) >= 11 is 0. The van der Waals surface area contributed by atoms with Crippen molar-refractivity contribution in [2.45, 2.75) is 32.1 Å². The molecule has 2 fully saturated rings. The number of piperazine rings is 1. The summed E-state index contributed by atoms with van der Waals surface area (Å²) in [6, 6.07) is 11.1. The molecule has 26 heavy (non-hydrogen) atoms. The topological polar surface area (TPSA) is 74.0 Å². The maximum Gasteiger partial charge on any atom is 0.153 e. The molecule has 140 valence electrons. The van der Waals surface area contributed by atoms with Gasteiger partial charge in [0.25, 0.3) is 0 Å². The number of hydrogen-bond donors (Lipinski definition) is 1. The van der Waals surface area contributed by atoms with Crippen LogP contribution < -0.4 is 0 Å². The number of sulfone groups is 1. The Hall–Kier alpha value is -1.83. The molecule has 2 aromatic rings. The average molecular weight is 376 g/mol. The van der Waals surface area contributed by atoms with Crippen LogP contribution in [0, 0.1) is 6.92 Å². The lowest BCUT2D eigenvalue weighted by Crippen LogP contribution is -2.58. The van der Waals surface area contributed by atoms with E-state index in [1.807, 2.05) is 31.2 Å². The zero-order chi connectivity index (χ0) is 18.3. The molecule has 0 spiro atoms. The van der Waals surface area contributed by atoms with Gasteiger partial charge in [-0.25, -0.2) is 8.42 Å². The molecule has 0 saturated carbocycles. The van der Waals surface area contributed by atoms with E-state index in [9.17, 15) is 13.5 Å². The van der Waals surface area contributed by atoms with Crippen LogP contribution in [0.3, 0.4) is 0 Å². The molecule has 2 aliphatic rings. The minimum absolute atomic E-state index is 0.0172. The fraction of sp³-hybridized carbons (Fsp3) is 0.474. The largest absolute Gasteiger partial charge is 0.508 e. The summed E-state index contributed by atoms with van der Waals surface area (Å²) in [5, 5.41) is 9.69. The molecule has 6 nitrogen and oxygen atoms in total. The molecule has 0 bridgehead atoms. The van der Waals surface area contributed by atoms with E-state index in [1.165, 1.54) is 0 Å². The molecule has 1 N–H and O–H groups in total. The minimum Gasteiger partial charge on any atom is -0.508 e. The van der Waals surface area contributed by atoms with E-state index in [-0.39, 0.29) is 29.3 Å². The molecule has 1 aromatic carbocycles. The van der Waals surface area contributed by atoms with Gasteiger partial charge in [-0.1, -0.05) is 12.1 Å². The average Bonchev–Trinajstić information content (AvgIpc) is 3.12. The molecule has 0 aliphatic carbocycles. The summed E-state index contributed by atoms with van der Waals surface area (Å²) in [5.74, 6) is 2.40. The third-order valence-corrected chi connectivity index (χ3v) is 7.06. The van der Waals surface area contributed by atoms with Crippen molar-refractivity contribution >= 4 is 9.84 Å². The summed E-state index contributed by atoms with van der Waals surface area (Å²) < 4.78 is 30.4. The number of aromatic hydroxyl groups is 1. The summed E-state index contributed by atoms with van der Waals surface area (Å²) in [4.78, 5) is 4.49. The van der Waals surface area contributed by atoms with Crippen LogP contribution in [0.4, 0.5) is 0 Å². The van der Waals surface area contributed by atoms with Crippen molar-refractivity contribution in [3.05, 3.63) is 53.5 Å². The van der Waals surface area contributed by atoms with E-state index in [0.29, 0.717) is 13.1 Å². The molecule has 2 atom stereocenters. The van der Waals surface area contributed by atoms with Gasteiger partial charge < -0.3 is 9.52 Å². The second kappa shape index (κ2) is 6.72. The highest BCUT2D eigenvalue weighted by molar-refractivity contribution is 7.91. The Bertz CT molecular complexity index is 892. The molecule has 0 amide bonds. The zero-order valence-electron chi connectivity index (χ0n) is 14.8. The second-order valence-corrected chi connectivity index (χ2v) is 9.49. The van der Waals surface area contributed by atoms with Gasteiger partial charge in [-0.15, -0.1) is 0 Å². The number of nitrogens with zero attached hydrogens (tertiary/aromatic N) is 2. The molecule has 2 aliphatic heterocycles. The van der Waals surface area contributed by atoms with Crippen LogP contribution in [-0.4, -0.2) is 60.0 Å². The Labute approximate surface area is 153 Å². The Kier molecular flexibility index (Phi) is 4.54. The Morgan fingerprint density at radius 2 is 1.77 bits per heavy atom. The quantitative estimate of drug-likeness (QED) is 0.877. The second-order valence-electron chi connectivity index (χ2n) is 7.33. The molecule has 7 heteroatoms. The molecule has 0 radical (unpaired) electrons. The molecular weight excluding hydrogens is 352 g/mol. The lowest BCUT2D eigenvalue weighted by molar-refractivity contribution is 0.0315. The van der Waals surface area contributed by atoms with Gasteiger partial charge in [0.2, 0.25) is 0 Å². The summed E-state index contributed by atoms with van der Waals surface area (Å²) in [5.41, 5.74) is 1.00. The summed E-state index contributed by atoms with van der Waals surface area (Å²) in [6.45, 7) is 4.81. The molecule has 3 heterocycles. The number of fused-ring (bicyclic) bond motifs is 1. The summed E-state index contributed by atoms with van der Waals surface area (Å²) in [7, 11) is -3.05. The lowest BCUT2D eigenvalue weighted by atomic mass is 10.0. The highest BCUT2D eigenvalue weighted by Gasteiger charge is 2.46. The zero-order valence-corrected chi connectivity index (χ0v) is 15.7. The van der Waals surface area contributed by atoms with Gasteiger partial charge in [-0.3, -0.25) is 9.80 Å². The first-order valence-electron chi connectivity index (χ1n) is 8.91. The van der Waals surface area contributed by atoms with E-state index in [2.05, 4.69) is 9.80 Å². The van der Waals surface area contributed by atoms with Gasteiger partial charge in [-0.2, -0.15) is 0 Å². The predicted octanol–water partition coefficient (Wildman–Crippen LogP) is 1.78. The van der Waals surface area contributed by atoms with Crippen molar-refractivity contribution < 1.29 is 17.9 Å².